The first-order chi connectivity index (χ1) is 9.11. The fourth-order valence-corrected chi connectivity index (χ4v) is 3.15. The molecule has 0 N–H and O–H groups in total. The van der Waals surface area contributed by atoms with Crippen molar-refractivity contribution in [3.8, 4) is 0 Å². The van der Waals surface area contributed by atoms with Crippen LogP contribution in [0.25, 0.3) is 0 Å². The van der Waals surface area contributed by atoms with Crippen molar-refractivity contribution in [1.29, 1.82) is 0 Å². The fraction of sp³-hybridized carbons (Fsp3) is 0.533. The molecule has 0 aromatic heterocycles. The van der Waals surface area contributed by atoms with Crippen LogP contribution in [0.15, 0.2) is 22.7 Å². The Bertz CT molecular complexity index is 461. The molecular weight excluding hydrogens is 326 g/mol. The van der Waals surface area contributed by atoms with Crippen molar-refractivity contribution in [3.63, 3.8) is 0 Å². The third kappa shape index (κ3) is 3.73. The van der Waals surface area contributed by atoms with Crippen molar-refractivity contribution in [2.75, 3.05) is 19.0 Å². The maximum atomic E-state index is 12.5. The Balaban J connectivity index is 2.08. The van der Waals surface area contributed by atoms with Gasteiger partial charge in [-0.1, -0.05) is 15.9 Å². The van der Waals surface area contributed by atoms with E-state index >= 15 is 0 Å². The predicted octanol–water partition coefficient (Wildman–Crippen LogP) is 4.24. The van der Waals surface area contributed by atoms with Crippen LogP contribution >= 0.6 is 27.5 Å². The van der Waals surface area contributed by atoms with Crippen molar-refractivity contribution < 1.29 is 4.79 Å². The zero-order valence-corrected chi connectivity index (χ0v) is 13.5. The zero-order valence-electron chi connectivity index (χ0n) is 11.2. The highest BCUT2D eigenvalue weighted by Gasteiger charge is 2.24. The summed E-state index contributed by atoms with van der Waals surface area (Å²) in [4.78, 5) is 14.5. The zero-order chi connectivity index (χ0) is 13.8. The number of halogens is 2. The van der Waals surface area contributed by atoms with E-state index in [-0.39, 0.29) is 5.91 Å². The van der Waals surface area contributed by atoms with Crippen molar-refractivity contribution in [2.24, 2.45) is 5.92 Å². The van der Waals surface area contributed by atoms with E-state index in [4.69, 9.17) is 11.6 Å². The lowest BCUT2D eigenvalue weighted by Crippen LogP contribution is -2.40. The summed E-state index contributed by atoms with van der Waals surface area (Å²) in [5.74, 6) is 1.39. The van der Waals surface area contributed by atoms with Crippen LogP contribution in [0.1, 0.15) is 35.2 Å². The number of rotatable bonds is 3. The van der Waals surface area contributed by atoms with Gasteiger partial charge >= 0.3 is 0 Å². The Morgan fingerprint density at radius 2 is 2.32 bits per heavy atom. The van der Waals surface area contributed by atoms with Gasteiger partial charge in [-0.3, -0.25) is 4.79 Å². The molecule has 2 rings (SSSR count). The van der Waals surface area contributed by atoms with E-state index in [0.717, 1.165) is 41.5 Å². The first-order valence-corrected chi connectivity index (χ1v) is 8.06. The molecule has 1 aliphatic heterocycles. The summed E-state index contributed by atoms with van der Waals surface area (Å²) >= 11 is 9.27. The molecule has 1 aromatic rings. The third-order valence-electron chi connectivity index (χ3n) is 3.73. The molecule has 0 saturated carbocycles. The van der Waals surface area contributed by atoms with Gasteiger partial charge in [0, 0.05) is 29.0 Å². The second-order valence-corrected chi connectivity index (χ2v) is 6.43. The monoisotopic (exact) mass is 343 g/mol. The average molecular weight is 345 g/mol. The lowest BCUT2D eigenvalue weighted by molar-refractivity contribution is 0.0671. The molecule has 1 atom stereocenters. The van der Waals surface area contributed by atoms with E-state index in [9.17, 15) is 4.79 Å². The highest BCUT2D eigenvalue weighted by Crippen LogP contribution is 2.23. The lowest BCUT2D eigenvalue weighted by atomic mass is 9.95. The fourth-order valence-electron chi connectivity index (χ4n) is 2.60. The molecule has 1 aliphatic rings. The summed E-state index contributed by atoms with van der Waals surface area (Å²) in [6, 6.07) is 5.80. The molecule has 1 aromatic carbocycles. The third-order valence-corrected chi connectivity index (χ3v) is 4.84. The molecule has 2 nitrogen and oxygen atoms in total. The van der Waals surface area contributed by atoms with Crippen LogP contribution in [0.4, 0.5) is 0 Å². The summed E-state index contributed by atoms with van der Waals surface area (Å²) < 4.78 is 1.04. The van der Waals surface area contributed by atoms with Gasteiger partial charge in [0.15, 0.2) is 0 Å². The van der Waals surface area contributed by atoms with Gasteiger partial charge in [0.1, 0.15) is 0 Å². The number of nitrogens with zero attached hydrogens (tertiary/aromatic N) is 1. The molecule has 1 fully saturated rings. The topological polar surface area (TPSA) is 20.3 Å². The maximum absolute atomic E-state index is 12.5. The van der Waals surface area contributed by atoms with Crippen LogP contribution in [-0.4, -0.2) is 29.8 Å². The Morgan fingerprint density at radius 1 is 1.53 bits per heavy atom. The van der Waals surface area contributed by atoms with E-state index < -0.39 is 0 Å². The molecule has 4 heteroatoms. The van der Waals surface area contributed by atoms with Gasteiger partial charge in [0.25, 0.3) is 5.91 Å². The van der Waals surface area contributed by atoms with Crippen LogP contribution in [0.3, 0.4) is 0 Å². The van der Waals surface area contributed by atoms with Crippen LogP contribution in [0.5, 0.6) is 0 Å². The summed E-state index contributed by atoms with van der Waals surface area (Å²) in [7, 11) is 0. The molecule has 0 spiro atoms. The largest absolute Gasteiger partial charge is 0.338 e. The standard InChI is InChI=1S/C15H19BrClNO/c1-11-9-13(4-5-14(11)16)15(19)18-8-2-3-12(10-18)6-7-17/h4-5,9,12H,2-3,6-8,10H2,1H3. The van der Waals surface area contributed by atoms with Gasteiger partial charge in [-0.15, -0.1) is 11.6 Å². The smallest absolute Gasteiger partial charge is 0.253 e. The number of piperidine rings is 1. The van der Waals surface area contributed by atoms with E-state index in [1.54, 1.807) is 0 Å². The van der Waals surface area contributed by atoms with Crippen molar-refractivity contribution in [3.05, 3.63) is 33.8 Å². The number of carbonyl (C=O) groups is 1. The van der Waals surface area contributed by atoms with E-state index in [0.29, 0.717) is 11.8 Å². The van der Waals surface area contributed by atoms with E-state index in [2.05, 4.69) is 15.9 Å². The number of likely N-dealkylation sites (tertiary alicyclic amines) is 1. The minimum absolute atomic E-state index is 0.148. The SMILES string of the molecule is Cc1cc(C(=O)N2CCCC(CCCl)C2)ccc1Br. The molecule has 0 aliphatic carbocycles. The number of carbonyl (C=O) groups excluding carboxylic acids is 1. The minimum atomic E-state index is 0.148. The number of aryl methyl sites for hydroxylation is 1. The number of hydrogen-bond donors (Lipinski definition) is 0. The number of amides is 1. The second kappa shape index (κ2) is 6.76. The normalized spacial score (nSPS) is 19.5. The number of benzene rings is 1. The Hall–Kier alpha value is -0.540. The van der Waals surface area contributed by atoms with Gasteiger partial charge in [0.05, 0.1) is 0 Å². The van der Waals surface area contributed by atoms with Gasteiger partial charge in [-0.05, 0) is 55.9 Å². The molecule has 19 heavy (non-hydrogen) atoms. The molecular formula is C15H19BrClNO. The first-order valence-electron chi connectivity index (χ1n) is 6.73. The molecule has 1 saturated heterocycles. The molecule has 1 unspecified atom stereocenters. The second-order valence-electron chi connectivity index (χ2n) is 5.20. The Labute approximate surface area is 128 Å². The Morgan fingerprint density at radius 3 is 3.00 bits per heavy atom. The van der Waals surface area contributed by atoms with Gasteiger partial charge in [0.2, 0.25) is 0 Å². The number of alkyl halides is 1. The molecule has 0 radical (unpaired) electrons. The van der Waals surface area contributed by atoms with Crippen molar-refractivity contribution in [2.45, 2.75) is 26.2 Å². The predicted molar refractivity (Wildman–Crippen MR) is 82.8 cm³/mol. The summed E-state index contributed by atoms with van der Waals surface area (Å²) in [5, 5.41) is 0. The average Bonchev–Trinajstić information content (AvgIpc) is 2.42. The Kier molecular flexibility index (Phi) is 5.28. The van der Waals surface area contributed by atoms with Gasteiger partial charge in [-0.2, -0.15) is 0 Å². The van der Waals surface area contributed by atoms with Crippen LogP contribution in [-0.2, 0) is 0 Å². The summed E-state index contributed by atoms with van der Waals surface area (Å²) in [6.45, 7) is 3.72. The highest BCUT2D eigenvalue weighted by atomic mass is 79.9. The summed E-state index contributed by atoms with van der Waals surface area (Å²) in [5.41, 5.74) is 1.88. The number of hydrogen-bond acceptors (Lipinski definition) is 1. The van der Waals surface area contributed by atoms with Crippen molar-refractivity contribution in [1.82, 2.24) is 4.90 Å². The highest BCUT2D eigenvalue weighted by molar-refractivity contribution is 9.10. The quantitative estimate of drug-likeness (QED) is 0.751. The van der Waals surface area contributed by atoms with Crippen LogP contribution in [0.2, 0.25) is 0 Å². The molecule has 0 bridgehead atoms. The van der Waals surface area contributed by atoms with Gasteiger partial charge in [-0.25, -0.2) is 0 Å². The minimum Gasteiger partial charge on any atom is -0.338 e. The lowest BCUT2D eigenvalue weighted by Gasteiger charge is -2.32. The first kappa shape index (κ1) is 14.9. The molecule has 1 amide bonds. The van der Waals surface area contributed by atoms with Gasteiger partial charge < -0.3 is 4.90 Å². The molecule has 104 valence electrons. The molecule has 1 heterocycles. The summed E-state index contributed by atoms with van der Waals surface area (Å²) in [6.07, 6.45) is 3.28. The van der Waals surface area contributed by atoms with E-state index in [1.807, 2.05) is 30.0 Å². The van der Waals surface area contributed by atoms with Crippen LogP contribution in [0, 0.1) is 12.8 Å². The van der Waals surface area contributed by atoms with Crippen molar-refractivity contribution >= 4 is 33.4 Å². The van der Waals surface area contributed by atoms with Crippen LogP contribution < -0.4 is 0 Å². The van der Waals surface area contributed by atoms with E-state index in [1.165, 1.54) is 6.42 Å². The maximum Gasteiger partial charge on any atom is 0.253 e.